The van der Waals surface area contributed by atoms with Crippen molar-refractivity contribution in [2.45, 2.75) is 71.6 Å². The van der Waals surface area contributed by atoms with Crippen molar-refractivity contribution in [3.8, 4) is 0 Å². The Hall–Kier alpha value is -0.926. The zero-order valence-electron chi connectivity index (χ0n) is 16.5. The van der Waals surface area contributed by atoms with E-state index < -0.39 is 19.5 Å². The summed E-state index contributed by atoms with van der Waals surface area (Å²) in [6.45, 7) is 12.7. The molecule has 0 fully saturated rings. The molecule has 1 aromatic carbocycles. The molecule has 0 saturated heterocycles. The molecule has 2 aromatic rings. The molecule has 1 unspecified atom stereocenters. The standard InChI is InChI=1S/C19H33NO3Si2/c1-13-12-20(19(3,4)18(22-24-5)23-25-6)16-9-7-8-15(17(13)16)11-10-14(2)21/h7-9,12,14,18,21H,10-11,24-25H2,1-6H3. The van der Waals surface area contributed by atoms with Crippen molar-refractivity contribution in [1.82, 2.24) is 4.57 Å². The smallest absolute Gasteiger partial charge is 0.162 e. The average molecular weight is 380 g/mol. The maximum Gasteiger partial charge on any atom is 0.162 e. The van der Waals surface area contributed by atoms with E-state index in [2.05, 4.69) is 62.8 Å². The molecule has 0 aliphatic carbocycles. The molecule has 0 amide bonds. The number of aromatic nitrogens is 1. The van der Waals surface area contributed by atoms with Gasteiger partial charge in [-0.25, -0.2) is 0 Å². The minimum absolute atomic E-state index is 0.183. The molecule has 1 atom stereocenters. The van der Waals surface area contributed by atoms with E-state index in [9.17, 15) is 5.11 Å². The van der Waals surface area contributed by atoms with Crippen molar-refractivity contribution < 1.29 is 14.0 Å². The molecule has 6 heteroatoms. The molecule has 1 N–H and O–H groups in total. The Kier molecular flexibility index (Phi) is 7.05. The minimum Gasteiger partial charge on any atom is -0.399 e. The quantitative estimate of drug-likeness (QED) is 0.538. The lowest BCUT2D eigenvalue weighted by Crippen LogP contribution is -2.43. The Labute approximate surface area is 156 Å². The summed E-state index contributed by atoms with van der Waals surface area (Å²) in [4.78, 5) is 0. The monoisotopic (exact) mass is 379 g/mol. The lowest BCUT2D eigenvalue weighted by Gasteiger charge is -2.36. The number of aliphatic hydroxyl groups excluding tert-OH is 1. The van der Waals surface area contributed by atoms with E-state index in [4.69, 9.17) is 8.85 Å². The second-order valence-electron chi connectivity index (χ2n) is 7.28. The van der Waals surface area contributed by atoms with Crippen LogP contribution < -0.4 is 0 Å². The van der Waals surface area contributed by atoms with Gasteiger partial charge in [0, 0.05) is 17.1 Å². The number of benzene rings is 1. The van der Waals surface area contributed by atoms with Gasteiger partial charge in [-0.05, 0) is 57.7 Å². The summed E-state index contributed by atoms with van der Waals surface area (Å²) in [6.07, 6.45) is 3.44. The van der Waals surface area contributed by atoms with Crippen molar-refractivity contribution in [2.75, 3.05) is 0 Å². The van der Waals surface area contributed by atoms with Gasteiger partial charge in [0.1, 0.15) is 0 Å². The summed E-state index contributed by atoms with van der Waals surface area (Å²) < 4.78 is 14.5. The predicted molar refractivity (Wildman–Crippen MR) is 111 cm³/mol. The lowest BCUT2D eigenvalue weighted by atomic mass is 10.0. The van der Waals surface area contributed by atoms with Gasteiger partial charge in [-0.15, -0.1) is 0 Å². The number of fused-ring (bicyclic) bond motifs is 1. The van der Waals surface area contributed by atoms with E-state index in [0.29, 0.717) is 0 Å². The second kappa shape index (κ2) is 8.64. The van der Waals surface area contributed by atoms with Crippen LogP contribution >= 0.6 is 0 Å². The summed E-state index contributed by atoms with van der Waals surface area (Å²) in [5, 5.41) is 11.0. The Morgan fingerprint density at radius 1 is 1.20 bits per heavy atom. The Morgan fingerprint density at radius 3 is 2.40 bits per heavy atom. The Bertz CT molecular complexity index is 691. The van der Waals surface area contributed by atoms with Gasteiger partial charge < -0.3 is 18.5 Å². The maximum atomic E-state index is 9.65. The number of nitrogens with zero attached hydrogens (tertiary/aromatic N) is 1. The fourth-order valence-corrected chi connectivity index (χ4v) is 5.30. The van der Waals surface area contributed by atoms with Crippen LogP contribution in [-0.4, -0.2) is 41.6 Å². The van der Waals surface area contributed by atoms with Crippen LogP contribution in [0.2, 0.25) is 13.1 Å². The highest BCUT2D eigenvalue weighted by atomic mass is 28.2. The Balaban J connectivity index is 2.50. The van der Waals surface area contributed by atoms with Crippen LogP contribution in [0.4, 0.5) is 0 Å². The van der Waals surface area contributed by atoms with E-state index >= 15 is 0 Å². The van der Waals surface area contributed by atoms with Crippen molar-refractivity contribution in [3.05, 3.63) is 35.5 Å². The van der Waals surface area contributed by atoms with Gasteiger partial charge in [-0.2, -0.15) is 0 Å². The summed E-state index contributed by atoms with van der Waals surface area (Å²) in [5.41, 5.74) is 3.53. The van der Waals surface area contributed by atoms with Crippen LogP contribution in [0.3, 0.4) is 0 Å². The van der Waals surface area contributed by atoms with Gasteiger partial charge in [-0.3, -0.25) is 0 Å². The number of aliphatic hydroxyl groups is 1. The first-order chi connectivity index (χ1) is 11.8. The molecule has 140 valence electrons. The molecule has 4 nitrogen and oxygen atoms in total. The van der Waals surface area contributed by atoms with Gasteiger partial charge >= 0.3 is 0 Å². The molecule has 1 heterocycles. The van der Waals surface area contributed by atoms with Gasteiger partial charge in [0.05, 0.1) is 11.6 Å². The topological polar surface area (TPSA) is 43.6 Å². The van der Waals surface area contributed by atoms with E-state index in [-0.39, 0.29) is 17.9 Å². The van der Waals surface area contributed by atoms with Crippen LogP contribution in [0.5, 0.6) is 0 Å². The van der Waals surface area contributed by atoms with Gasteiger partial charge in [0.15, 0.2) is 25.8 Å². The molecule has 0 aliphatic rings. The SMILES string of the molecule is C[SiH2]OC(O[SiH2]C)C(C)(C)n1cc(C)c2c(CCC(C)O)cccc21. The third-order valence-electron chi connectivity index (χ3n) is 4.77. The highest BCUT2D eigenvalue weighted by molar-refractivity contribution is 6.26. The highest BCUT2D eigenvalue weighted by Gasteiger charge is 2.33. The number of hydrogen-bond acceptors (Lipinski definition) is 3. The fraction of sp³-hybridized carbons (Fsp3) is 0.579. The molecule has 1 aromatic heterocycles. The molecule has 0 radical (unpaired) electrons. The van der Waals surface area contributed by atoms with E-state index in [0.717, 1.165) is 12.8 Å². The Morgan fingerprint density at radius 2 is 1.84 bits per heavy atom. The molecule has 0 saturated carbocycles. The first-order valence-corrected chi connectivity index (χ1v) is 13.3. The normalized spacial score (nSPS) is 15.8. The summed E-state index contributed by atoms with van der Waals surface area (Å²) in [5.74, 6) is 0. The molecular formula is C19H33NO3Si2. The van der Waals surface area contributed by atoms with Crippen LogP contribution in [0.1, 0.15) is 38.3 Å². The summed E-state index contributed by atoms with van der Waals surface area (Å²) in [7, 11) is -1.10. The largest absolute Gasteiger partial charge is 0.399 e. The van der Waals surface area contributed by atoms with Crippen molar-refractivity contribution in [3.63, 3.8) is 0 Å². The van der Waals surface area contributed by atoms with Crippen LogP contribution in [0.25, 0.3) is 10.9 Å². The van der Waals surface area contributed by atoms with Crippen LogP contribution in [0, 0.1) is 6.92 Å². The first-order valence-electron chi connectivity index (χ1n) is 9.34. The second-order valence-corrected chi connectivity index (χ2v) is 9.10. The minimum atomic E-state index is -0.552. The zero-order valence-corrected chi connectivity index (χ0v) is 19.3. The van der Waals surface area contributed by atoms with Crippen molar-refractivity contribution in [1.29, 1.82) is 0 Å². The number of aryl methyl sites for hydroxylation is 2. The third-order valence-corrected chi connectivity index (χ3v) is 6.04. The van der Waals surface area contributed by atoms with Crippen molar-refractivity contribution >= 4 is 30.4 Å². The first kappa shape index (κ1) is 20.4. The van der Waals surface area contributed by atoms with Gasteiger partial charge in [0.25, 0.3) is 0 Å². The van der Waals surface area contributed by atoms with Gasteiger partial charge in [-0.1, -0.05) is 25.2 Å². The van der Waals surface area contributed by atoms with Crippen molar-refractivity contribution in [2.24, 2.45) is 0 Å². The maximum absolute atomic E-state index is 9.65. The van der Waals surface area contributed by atoms with Gasteiger partial charge in [0.2, 0.25) is 0 Å². The molecule has 0 aliphatic heterocycles. The van der Waals surface area contributed by atoms with E-state index in [1.165, 1.54) is 22.0 Å². The predicted octanol–water partition coefficient (Wildman–Crippen LogP) is 2.62. The molecule has 25 heavy (non-hydrogen) atoms. The number of hydrogen-bond donors (Lipinski definition) is 1. The van der Waals surface area contributed by atoms with Crippen LogP contribution in [0.15, 0.2) is 24.4 Å². The molecule has 0 bridgehead atoms. The average Bonchev–Trinajstić information content (AvgIpc) is 2.91. The lowest BCUT2D eigenvalue weighted by molar-refractivity contribution is -0.0692. The third kappa shape index (κ3) is 4.43. The summed E-state index contributed by atoms with van der Waals surface area (Å²) in [6, 6.07) is 6.48. The zero-order chi connectivity index (χ0) is 18.6. The molecule has 2 rings (SSSR count). The van der Waals surface area contributed by atoms with E-state index in [1.54, 1.807) is 0 Å². The number of rotatable bonds is 9. The summed E-state index contributed by atoms with van der Waals surface area (Å²) >= 11 is 0. The van der Waals surface area contributed by atoms with Crippen LogP contribution in [-0.2, 0) is 20.8 Å². The molecule has 0 spiro atoms. The fourth-order valence-electron chi connectivity index (χ4n) is 3.49. The highest BCUT2D eigenvalue weighted by Crippen LogP contribution is 2.33. The van der Waals surface area contributed by atoms with E-state index in [1.807, 2.05) is 6.92 Å². The molecular weight excluding hydrogens is 346 g/mol.